The fourth-order valence-electron chi connectivity index (χ4n) is 1.45. The fourth-order valence-corrected chi connectivity index (χ4v) is 1.45. The van der Waals surface area contributed by atoms with Gasteiger partial charge in [0.25, 0.3) is 5.91 Å². The van der Waals surface area contributed by atoms with Gasteiger partial charge in [-0.2, -0.15) is 0 Å². The highest BCUT2D eigenvalue weighted by Crippen LogP contribution is 2.14. The average molecular weight is 261 g/mol. The molecule has 19 heavy (non-hydrogen) atoms. The number of benzene rings is 1. The smallest absolute Gasteiger partial charge is 0.256 e. The van der Waals surface area contributed by atoms with Crippen LogP contribution in [0.5, 0.6) is 5.75 Å². The molecule has 0 spiro atoms. The zero-order valence-electron chi connectivity index (χ0n) is 10.8. The standard InChI is InChI=1S/C13H15N3O3/c1-3-8-18-11-6-4-10(5-7-11)13(17)14-12-9(2)15-19-16-12/h4-7H,3,8H2,1-2H3,(H,14,16,17). The van der Waals surface area contributed by atoms with E-state index in [-0.39, 0.29) is 5.91 Å². The lowest BCUT2D eigenvalue weighted by atomic mass is 10.2. The Kier molecular flexibility index (Phi) is 4.12. The van der Waals surface area contributed by atoms with Gasteiger partial charge in [-0.15, -0.1) is 0 Å². The molecule has 0 unspecified atom stereocenters. The van der Waals surface area contributed by atoms with Gasteiger partial charge >= 0.3 is 0 Å². The molecule has 0 saturated carbocycles. The lowest BCUT2D eigenvalue weighted by Gasteiger charge is -2.05. The SMILES string of the molecule is CCCOc1ccc(C(=O)Nc2nonc2C)cc1. The van der Waals surface area contributed by atoms with E-state index in [0.29, 0.717) is 23.7 Å². The van der Waals surface area contributed by atoms with E-state index in [0.717, 1.165) is 12.2 Å². The normalized spacial score (nSPS) is 10.2. The van der Waals surface area contributed by atoms with E-state index >= 15 is 0 Å². The van der Waals surface area contributed by atoms with Crippen molar-refractivity contribution < 1.29 is 14.2 Å². The Morgan fingerprint density at radius 2 is 2.05 bits per heavy atom. The molecule has 0 saturated heterocycles. The van der Waals surface area contributed by atoms with Crippen LogP contribution in [0.1, 0.15) is 29.4 Å². The number of aryl methyl sites for hydroxylation is 1. The summed E-state index contributed by atoms with van der Waals surface area (Å²) < 4.78 is 9.96. The maximum Gasteiger partial charge on any atom is 0.256 e. The largest absolute Gasteiger partial charge is 0.494 e. The van der Waals surface area contributed by atoms with Crippen LogP contribution in [-0.2, 0) is 0 Å². The number of hydrogen-bond donors (Lipinski definition) is 1. The zero-order valence-corrected chi connectivity index (χ0v) is 10.8. The van der Waals surface area contributed by atoms with Crippen LogP contribution < -0.4 is 10.1 Å². The molecule has 0 radical (unpaired) electrons. The summed E-state index contributed by atoms with van der Waals surface area (Å²) in [5, 5.41) is 9.81. The molecule has 0 aliphatic carbocycles. The third-order valence-corrected chi connectivity index (χ3v) is 2.47. The molecule has 1 N–H and O–H groups in total. The topological polar surface area (TPSA) is 77.2 Å². The van der Waals surface area contributed by atoms with E-state index in [1.54, 1.807) is 31.2 Å². The summed E-state index contributed by atoms with van der Waals surface area (Å²) in [7, 11) is 0. The molecule has 6 nitrogen and oxygen atoms in total. The minimum absolute atomic E-state index is 0.263. The quantitative estimate of drug-likeness (QED) is 0.894. The van der Waals surface area contributed by atoms with Crippen LogP contribution in [0.4, 0.5) is 5.82 Å². The second-order valence-corrected chi connectivity index (χ2v) is 4.03. The first-order valence-corrected chi connectivity index (χ1v) is 6.04. The van der Waals surface area contributed by atoms with Gasteiger partial charge in [-0.25, -0.2) is 4.63 Å². The first-order valence-electron chi connectivity index (χ1n) is 6.04. The lowest BCUT2D eigenvalue weighted by Crippen LogP contribution is -2.12. The third-order valence-electron chi connectivity index (χ3n) is 2.47. The number of carbonyl (C=O) groups excluding carboxylic acids is 1. The van der Waals surface area contributed by atoms with Crippen molar-refractivity contribution in [2.45, 2.75) is 20.3 Å². The minimum atomic E-state index is -0.263. The predicted molar refractivity (Wildman–Crippen MR) is 69.2 cm³/mol. The molecule has 0 atom stereocenters. The Balaban J connectivity index is 2.01. The number of rotatable bonds is 5. The van der Waals surface area contributed by atoms with Crippen molar-refractivity contribution in [2.24, 2.45) is 0 Å². The molecule has 0 bridgehead atoms. The molecule has 0 aliphatic rings. The van der Waals surface area contributed by atoms with E-state index in [1.165, 1.54) is 0 Å². The van der Waals surface area contributed by atoms with E-state index in [2.05, 4.69) is 20.3 Å². The van der Waals surface area contributed by atoms with Crippen LogP contribution in [0.25, 0.3) is 0 Å². The predicted octanol–water partition coefficient (Wildman–Crippen LogP) is 2.42. The first-order chi connectivity index (χ1) is 9.20. The summed E-state index contributed by atoms with van der Waals surface area (Å²) in [5.41, 5.74) is 1.06. The van der Waals surface area contributed by atoms with E-state index < -0.39 is 0 Å². The molecule has 1 aromatic heterocycles. The van der Waals surface area contributed by atoms with Crippen molar-refractivity contribution >= 4 is 11.7 Å². The molecule has 100 valence electrons. The summed E-state index contributed by atoms with van der Waals surface area (Å²) >= 11 is 0. The Labute approximate surface area is 110 Å². The maximum atomic E-state index is 11.9. The Morgan fingerprint density at radius 1 is 1.32 bits per heavy atom. The second kappa shape index (κ2) is 5.99. The maximum absolute atomic E-state index is 11.9. The van der Waals surface area contributed by atoms with Gasteiger partial charge < -0.3 is 10.1 Å². The number of aromatic nitrogens is 2. The highest BCUT2D eigenvalue weighted by atomic mass is 16.6. The number of nitrogens with zero attached hydrogens (tertiary/aromatic N) is 2. The molecule has 0 aliphatic heterocycles. The summed E-state index contributed by atoms with van der Waals surface area (Å²) in [4.78, 5) is 11.9. The second-order valence-electron chi connectivity index (χ2n) is 4.03. The van der Waals surface area contributed by atoms with Crippen molar-refractivity contribution in [3.05, 3.63) is 35.5 Å². The fraction of sp³-hybridized carbons (Fsp3) is 0.308. The zero-order chi connectivity index (χ0) is 13.7. The summed E-state index contributed by atoms with van der Waals surface area (Å²) in [6.45, 7) is 4.40. The van der Waals surface area contributed by atoms with E-state index in [1.807, 2.05) is 6.92 Å². The average Bonchev–Trinajstić information content (AvgIpc) is 2.82. The first kappa shape index (κ1) is 13.1. The molecular formula is C13H15N3O3. The monoisotopic (exact) mass is 261 g/mol. The van der Waals surface area contributed by atoms with Gasteiger partial charge in [-0.3, -0.25) is 4.79 Å². The van der Waals surface area contributed by atoms with Crippen molar-refractivity contribution in [1.29, 1.82) is 0 Å². The van der Waals surface area contributed by atoms with Crippen LogP contribution in [-0.4, -0.2) is 22.8 Å². The number of hydrogen-bond acceptors (Lipinski definition) is 5. The van der Waals surface area contributed by atoms with Gasteiger partial charge in [0.15, 0.2) is 0 Å². The van der Waals surface area contributed by atoms with E-state index in [9.17, 15) is 4.79 Å². The number of ether oxygens (including phenoxy) is 1. The molecule has 1 heterocycles. The minimum Gasteiger partial charge on any atom is -0.494 e. The summed E-state index contributed by atoms with van der Waals surface area (Å²) in [5.74, 6) is 0.815. The van der Waals surface area contributed by atoms with Gasteiger partial charge in [0, 0.05) is 5.56 Å². The number of amides is 1. The summed E-state index contributed by atoms with van der Waals surface area (Å²) in [6.07, 6.45) is 0.945. The van der Waals surface area contributed by atoms with Crippen LogP contribution in [0.2, 0.25) is 0 Å². The lowest BCUT2D eigenvalue weighted by molar-refractivity contribution is 0.102. The van der Waals surface area contributed by atoms with Crippen molar-refractivity contribution in [3.63, 3.8) is 0 Å². The van der Waals surface area contributed by atoms with Gasteiger partial charge in [0.05, 0.1) is 6.61 Å². The molecule has 1 aromatic carbocycles. The van der Waals surface area contributed by atoms with Crippen molar-refractivity contribution in [2.75, 3.05) is 11.9 Å². The Hall–Kier alpha value is -2.37. The number of nitrogens with one attached hydrogen (secondary N) is 1. The van der Waals surface area contributed by atoms with Crippen LogP contribution in [0.3, 0.4) is 0 Å². The molecule has 2 rings (SSSR count). The van der Waals surface area contributed by atoms with Gasteiger partial charge in [-0.1, -0.05) is 12.1 Å². The van der Waals surface area contributed by atoms with Gasteiger partial charge in [0.2, 0.25) is 5.82 Å². The number of anilines is 1. The molecule has 0 fully saturated rings. The molecule has 6 heteroatoms. The Morgan fingerprint density at radius 3 is 2.63 bits per heavy atom. The van der Waals surface area contributed by atoms with Gasteiger partial charge in [0.1, 0.15) is 11.4 Å². The molecular weight excluding hydrogens is 246 g/mol. The highest BCUT2D eigenvalue weighted by Gasteiger charge is 2.11. The van der Waals surface area contributed by atoms with Crippen LogP contribution >= 0.6 is 0 Å². The van der Waals surface area contributed by atoms with Crippen LogP contribution in [0, 0.1) is 6.92 Å². The van der Waals surface area contributed by atoms with Crippen LogP contribution in [0.15, 0.2) is 28.9 Å². The van der Waals surface area contributed by atoms with Crippen molar-refractivity contribution in [3.8, 4) is 5.75 Å². The highest BCUT2D eigenvalue weighted by molar-refractivity contribution is 6.03. The number of carbonyl (C=O) groups is 1. The van der Waals surface area contributed by atoms with Gasteiger partial charge in [-0.05, 0) is 42.8 Å². The third kappa shape index (κ3) is 3.31. The Bertz CT molecular complexity index is 549. The molecule has 1 amide bonds. The summed E-state index contributed by atoms with van der Waals surface area (Å²) in [6, 6.07) is 6.92. The van der Waals surface area contributed by atoms with Crippen molar-refractivity contribution in [1.82, 2.24) is 10.3 Å². The molecule has 2 aromatic rings. The van der Waals surface area contributed by atoms with E-state index in [4.69, 9.17) is 4.74 Å².